The lowest BCUT2D eigenvalue weighted by molar-refractivity contribution is -0.881. The summed E-state index contributed by atoms with van der Waals surface area (Å²) < 4.78 is 6.71. The number of anilines is 1. The lowest BCUT2D eigenvalue weighted by atomic mass is 9.98. The van der Waals surface area contributed by atoms with Crippen LogP contribution in [-0.4, -0.2) is 98.3 Å². The zero-order valence-corrected chi connectivity index (χ0v) is 21.8. The molecular formula is C25H41N5O8+2. The van der Waals surface area contributed by atoms with Crippen molar-refractivity contribution in [3.63, 3.8) is 0 Å². The van der Waals surface area contributed by atoms with Crippen molar-refractivity contribution < 1.29 is 44.4 Å². The first kappa shape index (κ1) is 29.9. The number of fused-ring (bicyclic) bond motifs is 1. The molecule has 1 aliphatic rings. The average molecular weight is 540 g/mol. The van der Waals surface area contributed by atoms with Gasteiger partial charge in [-0.25, -0.2) is 0 Å². The number of aromatic amines is 1. The number of H-pyrrole nitrogens is 1. The molecule has 0 aliphatic carbocycles. The number of nitrogens with one attached hydrogen (secondary N) is 2. The number of aliphatic hydroxyl groups excluding tert-OH is 4. The zero-order valence-electron chi connectivity index (χ0n) is 21.8. The van der Waals surface area contributed by atoms with Crippen molar-refractivity contribution in [1.29, 1.82) is 0 Å². The highest BCUT2D eigenvalue weighted by molar-refractivity contribution is 5.80. The minimum atomic E-state index is -1.62. The maximum Gasteiger partial charge on any atom is 0.449 e. The van der Waals surface area contributed by atoms with Crippen LogP contribution in [0.1, 0.15) is 51.9 Å². The van der Waals surface area contributed by atoms with Gasteiger partial charge in [-0.3, -0.25) is 15.0 Å². The Hall–Kier alpha value is -2.68. The van der Waals surface area contributed by atoms with Crippen molar-refractivity contribution in [2.75, 3.05) is 31.5 Å². The van der Waals surface area contributed by atoms with Gasteiger partial charge in [0.05, 0.1) is 18.0 Å². The van der Waals surface area contributed by atoms with Gasteiger partial charge in [-0.05, 0) is 30.2 Å². The van der Waals surface area contributed by atoms with Gasteiger partial charge in [-0.1, -0.05) is 44.7 Å². The van der Waals surface area contributed by atoms with Crippen molar-refractivity contribution in [3.05, 3.63) is 29.2 Å². The minimum Gasteiger partial charge on any atom is -0.388 e. The van der Waals surface area contributed by atoms with Crippen LogP contribution in [0.2, 0.25) is 0 Å². The summed E-state index contributed by atoms with van der Waals surface area (Å²) in [6.45, 7) is 3.23. The Morgan fingerprint density at radius 1 is 1.03 bits per heavy atom. The van der Waals surface area contributed by atoms with E-state index in [1.165, 1.54) is 0 Å². The van der Waals surface area contributed by atoms with E-state index in [-0.39, 0.29) is 36.8 Å². The molecule has 38 heavy (non-hydrogen) atoms. The topological polar surface area (TPSA) is 185 Å². The Kier molecular flexibility index (Phi) is 11.4. The van der Waals surface area contributed by atoms with Gasteiger partial charge in [-0.2, -0.15) is 0 Å². The van der Waals surface area contributed by atoms with Gasteiger partial charge in [0.2, 0.25) is 10.1 Å². The van der Waals surface area contributed by atoms with E-state index in [1.54, 1.807) is 24.3 Å². The second-order valence-corrected chi connectivity index (χ2v) is 9.81. The van der Waals surface area contributed by atoms with E-state index in [1.807, 2.05) is 4.90 Å². The van der Waals surface area contributed by atoms with E-state index in [2.05, 4.69) is 17.3 Å². The van der Waals surface area contributed by atoms with E-state index in [0.717, 1.165) is 36.8 Å². The van der Waals surface area contributed by atoms with Crippen LogP contribution in [-0.2, 0) is 9.53 Å². The molecule has 13 nitrogen and oxygen atoms in total. The molecule has 1 aromatic carbocycles. The first-order valence-corrected chi connectivity index (χ1v) is 13.3. The third-order valence-corrected chi connectivity index (χ3v) is 6.78. The number of para-hydroxylation sites is 2. The molecule has 2 heterocycles. The van der Waals surface area contributed by atoms with Gasteiger partial charge in [0.1, 0.15) is 30.2 Å². The van der Waals surface area contributed by atoms with Crippen LogP contribution in [0.5, 0.6) is 0 Å². The molecule has 0 unspecified atom stereocenters. The maximum absolute atomic E-state index is 12.8. The number of nitrogens with zero attached hydrogens (tertiary/aromatic N) is 3. The third kappa shape index (κ3) is 7.91. The van der Waals surface area contributed by atoms with Crippen molar-refractivity contribution in [1.82, 2.24) is 10.00 Å². The minimum absolute atomic E-state index is 0.0509. The lowest BCUT2D eigenvalue weighted by Gasteiger charge is -2.40. The van der Waals surface area contributed by atoms with E-state index >= 15 is 0 Å². The Morgan fingerprint density at radius 2 is 1.74 bits per heavy atom. The fourth-order valence-corrected chi connectivity index (χ4v) is 4.58. The Morgan fingerprint density at radius 3 is 2.47 bits per heavy atom. The molecule has 1 aromatic heterocycles. The predicted octanol–water partition coefficient (Wildman–Crippen LogP) is -0.559. The molecular weight excluding hydrogens is 498 g/mol. The second-order valence-electron chi connectivity index (χ2n) is 9.81. The number of hydrogen-bond donors (Lipinski definition) is 7. The summed E-state index contributed by atoms with van der Waals surface area (Å²) in [7, 11) is 0. The summed E-state index contributed by atoms with van der Waals surface area (Å²) in [6, 6.07) is 6.57. The number of carbonyl (C=O) groups is 1. The number of unbranched alkanes of at least 4 members (excludes halogenated alkanes) is 4. The number of ketones is 1. The number of ether oxygens (including phenoxy) is 1. The van der Waals surface area contributed by atoms with Crippen LogP contribution >= 0.6 is 0 Å². The van der Waals surface area contributed by atoms with Gasteiger partial charge in [0.25, 0.3) is 0 Å². The smallest absolute Gasteiger partial charge is 0.388 e. The number of aromatic nitrogens is 3. The van der Waals surface area contributed by atoms with Crippen molar-refractivity contribution in [2.24, 2.45) is 0 Å². The highest BCUT2D eigenvalue weighted by Gasteiger charge is 2.43. The van der Waals surface area contributed by atoms with E-state index in [9.17, 15) is 35.3 Å². The van der Waals surface area contributed by atoms with Crippen LogP contribution in [0, 0.1) is 4.91 Å². The number of benzene rings is 1. The second kappa shape index (κ2) is 14.5. The summed E-state index contributed by atoms with van der Waals surface area (Å²) in [4.78, 5) is 26.8. The molecule has 212 valence electrons. The summed E-state index contributed by atoms with van der Waals surface area (Å²) in [5.74, 6) is 0.0348. The van der Waals surface area contributed by atoms with Crippen LogP contribution in [0.15, 0.2) is 24.3 Å². The summed E-state index contributed by atoms with van der Waals surface area (Å²) >= 11 is 0. The van der Waals surface area contributed by atoms with Crippen molar-refractivity contribution in [2.45, 2.75) is 82.6 Å². The highest BCUT2D eigenvalue weighted by Crippen LogP contribution is 2.21. The Bertz CT molecular complexity index is 1100. The number of carbonyl (C=O) groups excluding carboxylic acids is 1. The summed E-state index contributed by atoms with van der Waals surface area (Å²) in [5.41, 5.74) is 0.594. The molecule has 1 fully saturated rings. The van der Waals surface area contributed by atoms with Crippen LogP contribution in [0.25, 0.3) is 11.0 Å². The van der Waals surface area contributed by atoms with Gasteiger partial charge >= 0.3 is 11.5 Å². The SMILES string of the molecule is CCCCCCCN(CC(=O)CCCNc1[nH][n+](=O)c2ccccc2[n+]1O)C[C@H]1O[C@H](O)[C@H](O)[C@@H](O)[C@@H]1O. The Balaban J connectivity index is 1.52. The molecule has 2 aromatic rings. The van der Waals surface area contributed by atoms with Gasteiger partial charge in [0, 0.05) is 24.1 Å². The summed E-state index contributed by atoms with van der Waals surface area (Å²) in [6.07, 6.45) is -1.33. The highest BCUT2D eigenvalue weighted by atomic mass is 16.6. The molecule has 0 radical (unpaired) electrons. The summed E-state index contributed by atoms with van der Waals surface area (Å²) in [5, 5.41) is 55.7. The average Bonchev–Trinajstić information content (AvgIpc) is 2.90. The van der Waals surface area contributed by atoms with E-state index in [4.69, 9.17) is 4.74 Å². The monoisotopic (exact) mass is 539 g/mol. The molecule has 5 atom stereocenters. The first-order valence-electron chi connectivity index (χ1n) is 13.3. The molecule has 7 N–H and O–H groups in total. The fraction of sp³-hybridized carbons (Fsp3) is 0.680. The largest absolute Gasteiger partial charge is 0.449 e. The third-order valence-electron chi connectivity index (χ3n) is 6.78. The van der Waals surface area contributed by atoms with Gasteiger partial charge in [0.15, 0.2) is 6.29 Å². The van der Waals surface area contributed by atoms with Crippen LogP contribution < -0.4 is 14.6 Å². The molecule has 1 aliphatic heterocycles. The van der Waals surface area contributed by atoms with Gasteiger partial charge < -0.3 is 30.4 Å². The molecule has 0 bridgehead atoms. The van der Waals surface area contributed by atoms with Crippen molar-refractivity contribution >= 4 is 22.8 Å². The maximum atomic E-state index is 12.8. The number of hydrogen-bond acceptors (Lipinski definition) is 10. The number of aliphatic hydroxyl groups is 4. The standard InChI is InChI=1S/C25H40N5O8/c1-2-3-4-5-8-14-28(16-20-21(32)22(33)23(34)24(35)38-20)15-17(31)10-9-13-26-25-27-30(37)19-12-7-6-11-18(19)29(25)36/h6-7,11-12,20-24,32-36H,2-5,8-10,13-16H2,1H3,(H,26,27,37)/q+1/p+1/t20-,21-,22+,23-,24+/m1/s1. The normalized spacial score (nSPS) is 23.7. The lowest BCUT2D eigenvalue weighted by Crippen LogP contribution is -2.60. The molecule has 0 saturated carbocycles. The van der Waals surface area contributed by atoms with Crippen LogP contribution in [0.3, 0.4) is 0 Å². The van der Waals surface area contributed by atoms with Crippen LogP contribution in [0.4, 0.5) is 5.95 Å². The number of rotatable bonds is 15. The fourth-order valence-electron chi connectivity index (χ4n) is 4.58. The first-order chi connectivity index (χ1) is 18.2. The molecule has 0 amide bonds. The molecule has 0 spiro atoms. The number of Topliss-reactive ketones (excluding diaryl/α,β-unsaturated/α-hetero) is 1. The molecule has 1 saturated heterocycles. The quantitative estimate of drug-likeness (QED) is 0.0879. The molecule has 3 rings (SSSR count). The van der Waals surface area contributed by atoms with Crippen molar-refractivity contribution in [3.8, 4) is 0 Å². The van der Waals surface area contributed by atoms with Gasteiger partial charge in [-0.15, -0.1) is 0 Å². The Labute approximate surface area is 220 Å². The predicted molar refractivity (Wildman–Crippen MR) is 136 cm³/mol. The zero-order chi connectivity index (χ0) is 27.7. The van der Waals surface area contributed by atoms with E-state index in [0.29, 0.717) is 29.6 Å². The van der Waals surface area contributed by atoms with E-state index < -0.39 is 30.7 Å². The molecule has 13 heteroatoms.